The van der Waals surface area contributed by atoms with Gasteiger partial charge in [0.25, 0.3) is 0 Å². The van der Waals surface area contributed by atoms with E-state index in [0.29, 0.717) is 0 Å². The number of aromatic nitrogens is 1. The first-order chi connectivity index (χ1) is 9.65. The topological polar surface area (TPSA) is 68.0 Å². The fourth-order valence-electron chi connectivity index (χ4n) is 3.31. The zero-order valence-electron chi connectivity index (χ0n) is 12.0. The van der Waals surface area contributed by atoms with Crippen LogP contribution in [0.5, 0.6) is 0 Å². The van der Waals surface area contributed by atoms with Crippen molar-refractivity contribution in [3.05, 3.63) is 10.6 Å². The van der Waals surface area contributed by atoms with Gasteiger partial charge in [0.05, 0.1) is 5.69 Å². The highest BCUT2D eigenvalue weighted by Crippen LogP contribution is 2.34. The molecule has 3 atom stereocenters. The lowest BCUT2D eigenvalue weighted by Gasteiger charge is -2.18. The highest BCUT2D eigenvalue weighted by molar-refractivity contribution is 7.15. The lowest BCUT2D eigenvalue weighted by Crippen LogP contribution is -2.23. The number of aryl methyl sites for hydroxylation is 1. The number of anilines is 1. The van der Waals surface area contributed by atoms with Gasteiger partial charge in [0, 0.05) is 16.8 Å². The van der Waals surface area contributed by atoms with Gasteiger partial charge in [0.15, 0.2) is 5.13 Å². The number of nitrogens with two attached hydrogens (primary N) is 1. The van der Waals surface area contributed by atoms with Gasteiger partial charge in [0.2, 0.25) is 5.91 Å². The maximum atomic E-state index is 12.2. The minimum absolute atomic E-state index is 0.0781. The molecule has 1 saturated carbocycles. The standard InChI is InChI=1S/C15H23N3OS/c1-2-9-3-6-12-13(7-9)20-15(17-12)18-14(19)10-4-5-11(16)8-10/h9-11H,2-8,16H2,1H3,(H,17,18,19). The van der Waals surface area contributed by atoms with Crippen LogP contribution in [0.1, 0.15) is 49.6 Å². The predicted octanol–water partition coefficient (Wildman–Crippen LogP) is 2.72. The van der Waals surface area contributed by atoms with E-state index in [9.17, 15) is 4.79 Å². The molecule has 1 aromatic rings. The van der Waals surface area contributed by atoms with E-state index in [1.165, 1.54) is 23.4 Å². The molecule has 110 valence electrons. The summed E-state index contributed by atoms with van der Waals surface area (Å²) in [6, 6.07) is 0.195. The zero-order chi connectivity index (χ0) is 14.1. The molecular weight excluding hydrogens is 270 g/mol. The zero-order valence-corrected chi connectivity index (χ0v) is 12.8. The maximum Gasteiger partial charge on any atom is 0.229 e. The molecular formula is C15H23N3OS. The molecule has 3 N–H and O–H groups in total. The third-order valence-corrected chi connectivity index (χ3v) is 5.73. The summed E-state index contributed by atoms with van der Waals surface area (Å²) in [5.74, 6) is 0.977. The Labute approximate surface area is 124 Å². The number of amides is 1. The van der Waals surface area contributed by atoms with E-state index < -0.39 is 0 Å². The molecule has 0 saturated heterocycles. The van der Waals surface area contributed by atoms with Gasteiger partial charge in [-0.2, -0.15) is 0 Å². The minimum atomic E-state index is 0.0781. The van der Waals surface area contributed by atoms with E-state index in [1.54, 1.807) is 11.3 Å². The fourth-order valence-corrected chi connectivity index (χ4v) is 4.43. The Morgan fingerprint density at radius 1 is 1.45 bits per heavy atom. The van der Waals surface area contributed by atoms with Gasteiger partial charge in [-0.1, -0.05) is 13.3 Å². The van der Waals surface area contributed by atoms with E-state index in [4.69, 9.17) is 5.73 Å². The van der Waals surface area contributed by atoms with Crippen molar-refractivity contribution >= 4 is 22.4 Å². The first-order valence-corrected chi connectivity index (χ1v) is 8.52. The molecule has 20 heavy (non-hydrogen) atoms. The number of rotatable bonds is 3. The average molecular weight is 293 g/mol. The summed E-state index contributed by atoms with van der Waals surface area (Å²) in [6.07, 6.45) is 7.36. The highest BCUT2D eigenvalue weighted by atomic mass is 32.1. The summed E-state index contributed by atoms with van der Waals surface area (Å²) in [6.45, 7) is 2.25. The molecule has 5 heteroatoms. The van der Waals surface area contributed by atoms with Gasteiger partial charge in [-0.15, -0.1) is 11.3 Å². The number of nitrogens with one attached hydrogen (secondary N) is 1. The second-order valence-corrected chi connectivity index (χ2v) is 7.25. The summed E-state index contributed by atoms with van der Waals surface area (Å²) in [4.78, 5) is 18.2. The smallest absolute Gasteiger partial charge is 0.229 e. The molecule has 1 fully saturated rings. The third kappa shape index (κ3) is 2.88. The molecule has 1 amide bonds. The van der Waals surface area contributed by atoms with E-state index in [2.05, 4.69) is 17.2 Å². The van der Waals surface area contributed by atoms with E-state index in [0.717, 1.165) is 43.2 Å². The van der Waals surface area contributed by atoms with Crippen LogP contribution in [-0.2, 0) is 17.6 Å². The first kappa shape index (κ1) is 14.0. The van der Waals surface area contributed by atoms with Crippen LogP contribution < -0.4 is 11.1 Å². The summed E-state index contributed by atoms with van der Waals surface area (Å²) < 4.78 is 0. The number of hydrogen-bond donors (Lipinski definition) is 2. The largest absolute Gasteiger partial charge is 0.328 e. The Kier molecular flexibility index (Phi) is 4.08. The third-order valence-electron chi connectivity index (χ3n) is 4.69. The molecule has 2 aliphatic carbocycles. The predicted molar refractivity (Wildman–Crippen MR) is 81.9 cm³/mol. The molecule has 4 nitrogen and oxygen atoms in total. The quantitative estimate of drug-likeness (QED) is 0.900. The van der Waals surface area contributed by atoms with Crippen molar-refractivity contribution < 1.29 is 4.79 Å². The van der Waals surface area contributed by atoms with Crippen molar-refractivity contribution in [3.63, 3.8) is 0 Å². The molecule has 0 bridgehead atoms. The van der Waals surface area contributed by atoms with Gasteiger partial charge in [-0.3, -0.25) is 4.79 Å². The number of carbonyl (C=O) groups is 1. The lowest BCUT2D eigenvalue weighted by molar-refractivity contribution is -0.119. The molecule has 1 aromatic heterocycles. The van der Waals surface area contributed by atoms with Crippen LogP contribution in [0.25, 0.3) is 0 Å². The van der Waals surface area contributed by atoms with Gasteiger partial charge in [-0.05, 0) is 44.4 Å². The Hall–Kier alpha value is -0.940. The number of nitrogens with zero attached hydrogens (tertiary/aromatic N) is 1. The fraction of sp³-hybridized carbons (Fsp3) is 0.733. The lowest BCUT2D eigenvalue weighted by atomic mass is 9.89. The van der Waals surface area contributed by atoms with E-state index >= 15 is 0 Å². The summed E-state index contributed by atoms with van der Waals surface area (Å²) in [7, 11) is 0. The van der Waals surface area contributed by atoms with Crippen LogP contribution >= 0.6 is 11.3 Å². The number of carbonyl (C=O) groups excluding carboxylic acids is 1. The monoisotopic (exact) mass is 293 g/mol. The Morgan fingerprint density at radius 2 is 2.30 bits per heavy atom. The van der Waals surface area contributed by atoms with E-state index in [-0.39, 0.29) is 17.9 Å². The maximum absolute atomic E-state index is 12.2. The second-order valence-electron chi connectivity index (χ2n) is 6.17. The molecule has 2 aliphatic rings. The molecule has 3 rings (SSSR count). The molecule has 3 unspecified atom stereocenters. The van der Waals surface area contributed by atoms with Crippen LogP contribution in [0.15, 0.2) is 0 Å². The summed E-state index contributed by atoms with van der Waals surface area (Å²) in [5, 5.41) is 3.80. The summed E-state index contributed by atoms with van der Waals surface area (Å²) in [5.41, 5.74) is 7.08. The van der Waals surface area contributed by atoms with Crippen molar-refractivity contribution in [3.8, 4) is 0 Å². The molecule has 0 radical (unpaired) electrons. The molecule has 0 spiro atoms. The number of fused-ring (bicyclic) bond motifs is 1. The molecule has 1 heterocycles. The van der Waals surface area contributed by atoms with Crippen LogP contribution in [0.3, 0.4) is 0 Å². The van der Waals surface area contributed by atoms with Crippen LogP contribution in [0.2, 0.25) is 0 Å². The van der Waals surface area contributed by atoms with Gasteiger partial charge in [0.1, 0.15) is 0 Å². The van der Waals surface area contributed by atoms with Crippen molar-refractivity contribution in [2.75, 3.05) is 5.32 Å². The van der Waals surface area contributed by atoms with Crippen LogP contribution in [-0.4, -0.2) is 16.9 Å². The summed E-state index contributed by atoms with van der Waals surface area (Å²) >= 11 is 1.67. The molecule has 0 aromatic carbocycles. The van der Waals surface area contributed by atoms with E-state index in [1.807, 2.05) is 0 Å². The SMILES string of the molecule is CCC1CCc2nc(NC(=O)C3CCC(N)C3)sc2C1. The van der Waals surface area contributed by atoms with Crippen LogP contribution in [0, 0.1) is 11.8 Å². The van der Waals surface area contributed by atoms with Crippen molar-refractivity contribution in [1.82, 2.24) is 4.98 Å². The molecule has 0 aliphatic heterocycles. The van der Waals surface area contributed by atoms with Crippen LogP contribution in [0.4, 0.5) is 5.13 Å². The van der Waals surface area contributed by atoms with Gasteiger partial charge in [-0.25, -0.2) is 4.98 Å². The van der Waals surface area contributed by atoms with Crippen molar-refractivity contribution in [2.24, 2.45) is 17.6 Å². The van der Waals surface area contributed by atoms with Gasteiger partial charge >= 0.3 is 0 Å². The minimum Gasteiger partial charge on any atom is -0.328 e. The Morgan fingerprint density at radius 3 is 3.00 bits per heavy atom. The van der Waals surface area contributed by atoms with Crippen molar-refractivity contribution in [1.29, 1.82) is 0 Å². The number of hydrogen-bond acceptors (Lipinski definition) is 4. The normalized spacial score (nSPS) is 29.2. The first-order valence-electron chi connectivity index (χ1n) is 7.70. The average Bonchev–Trinajstić information content (AvgIpc) is 3.03. The Bertz CT molecular complexity index is 499. The van der Waals surface area contributed by atoms with Gasteiger partial charge < -0.3 is 11.1 Å². The Balaban J connectivity index is 1.64. The number of thiazole rings is 1. The van der Waals surface area contributed by atoms with Crippen molar-refractivity contribution in [2.45, 2.75) is 57.9 Å². The second kappa shape index (κ2) is 5.82. The highest BCUT2D eigenvalue weighted by Gasteiger charge is 2.29.